The predicted molar refractivity (Wildman–Crippen MR) is 82.3 cm³/mol. The summed E-state index contributed by atoms with van der Waals surface area (Å²) in [7, 11) is 0. The van der Waals surface area contributed by atoms with Crippen LogP contribution in [0.1, 0.15) is 44.6 Å². The summed E-state index contributed by atoms with van der Waals surface area (Å²) < 4.78 is 0. The van der Waals surface area contributed by atoms with Crippen molar-refractivity contribution in [1.29, 1.82) is 0 Å². The fourth-order valence-electron chi connectivity index (χ4n) is 3.00. The summed E-state index contributed by atoms with van der Waals surface area (Å²) in [6, 6.07) is 10.0. The summed E-state index contributed by atoms with van der Waals surface area (Å²) in [5, 5.41) is 3.09. The van der Waals surface area contributed by atoms with E-state index in [9.17, 15) is 4.79 Å². The molecule has 1 fully saturated rings. The number of nitrogens with two attached hydrogens (primary N) is 1. The molecule has 110 valence electrons. The molecule has 1 aliphatic carbocycles. The van der Waals surface area contributed by atoms with Gasteiger partial charge in [0.1, 0.15) is 0 Å². The van der Waals surface area contributed by atoms with Gasteiger partial charge >= 0.3 is 0 Å². The van der Waals surface area contributed by atoms with Gasteiger partial charge in [0.05, 0.1) is 6.04 Å². The third kappa shape index (κ3) is 4.34. The number of carbonyl (C=O) groups excluding carboxylic acids is 1. The van der Waals surface area contributed by atoms with Crippen LogP contribution in [-0.4, -0.2) is 18.0 Å². The lowest BCUT2D eigenvalue weighted by Gasteiger charge is -2.22. The van der Waals surface area contributed by atoms with Crippen molar-refractivity contribution in [3.05, 3.63) is 35.9 Å². The second-order valence-corrected chi connectivity index (χ2v) is 5.97. The van der Waals surface area contributed by atoms with Gasteiger partial charge in [0.15, 0.2) is 0 Å². The summed E-state index contributed by atoms with van der Waals surface area (Å²) in [5.74, 6) is 0.639. The molecule has 1 unspecified atom stereocenters. The Labute approximate surface area is 121 Å². The molecule has 0 spiro atoms. The third-order valence-electron chi connectivity index (χ3n) is 4.40. The molecule has 0 aromatic heterocycles. The zero-order valence-corrected chi connectivity index (χ0v) is 12.3. The standard InChI is InChI=1S/C17H26N2O/c1-13(15-9-5-6-10-15)19-17(20)16(18)12-11-14-7-3-2-4-8-14/h2-4,7-8,13,15-16H,5-6,9-12,18H2,1H3,(H,19,20)/t13-,16?/m1/s1. The van der Waals surface area contributed by atoms with Crippen molar-refractivity contribution in [3.63, 3.8) is 0 Å². The van der Waals surface area contributed by atoms with Gasteiger partial charge in [-0.25, -0.2) is 0 Å². The Balaban J connectivity index is 1.74. The highest BCUT2D eigenvalue weighted by Crippen LogP contribution is 2.27. The normalized spacial score (nSPS) is 18.7. The van der Waals surface area contributed by atoms with Crippen molar-refractivity contribution in [1.82, 2.24) is 5.32 Å². The minimum Gasteiger partial charge on any atom is -0.352 e. The SMILES string of the molecule is C[C@@H](NC(=O)C(N)CCc1ccccc1)C1CCCC1. The Morgan fingerprint density at radius 3 is 2.60 bits per heavy atom. The van der Waals surface area contributed by atoms with E-state index in [4.69, 9.17) is 5.73 Å². The van der Waals surface area contributed by atoms with Crippen molar-refractivity contribution in [3.8, 4) is 0 Å². The van der Waals surface area contributed by atoms with Gasteiger partial charge < -0.3 is 11.1 Å². The zero-order valence-electron chi connectivity index (χ0n) is 12.3. The van der Waals surface area contributed by atoms with Gasteiger partial charge in [-0.05, 0) is 44.1 Å². The Bertz CT molecular complexity index is 412. The minimum atomic E-state index is -0.404. The molecule has 1 aliphatic rings. The number of benzene rings is 1. The van der Waals surface area contributed by atoms with Crippen LogP contribution in [-0.2, 0) is 11.2 Å². The highest BCUT2D eigenvalue weighted by molar-refractivity contribution is 5.81. The molecule has 3 nitrogen and oxygen atoms in total. The maximum Gasteiger partial charge on any atom is 0.237 e. The van der Waals surface area contributed by atoms with Crippen molar-refractivity contribution in [2.75, 3.05) is 0 Å². The molecule has 0 heterocycles. The van der Waals surface area contributed by atoms with Crippen LogP contribution >= 0.6 is 0 Å². The third-order valence-corrected chi connectivity index (χ3v) is 4.40. The van der Waals surface area contributed by atoms with Crippen LogP contribution in [0.5, 0.6) is 0 Å². The number of rotatable bonds is 6. The predicted octanol–water partition coefficient (Wildman–Crippen LogP) is 2.64. The maximum absolute atomic E-state index is 12.1. The Hall–Kier alpha value is -1.35. The number of hydrogen-bond donors (Lipinski definition) is 2. The van der Waals surface area contributed by atoms with Gasteiger partial charge in [0.2, 0.25) is 5.91 Å². The summed E-state index contributed by atoms with van der Waals surface area (Å²) in [4.78, 5) is 12.1. The van der Waals surface area contributed by atoms with Crippen molar-refractivity contribution >= 4 is 5.91 Å². The van der Waals surface area contributed by atoms with E-state index in [1.54, 1.807) is 0 Å². The molecule has 0 radical (unpaired) electrons. The van der Waals surface area contributed by atoms with Crippen LogP contribution < -0.4 is 11.1 Å². The van der Waals surface area contributed by atoms with Gasteiger partial charge in [0, 0.05) is 6.04 Å². The van der Waals surface area contributed by atoms with Crippen molar-refractivity contribution in [2.45, 2.75) is 57.5 Å². The average Bonchev–Trinajstić information content (AvgIpc) is 3.00. The molecule has 2 atom stereocenters. The number of aryl methyl sites for hydroxylation is 1. The lowest BCUT2D eigenvalue weighted by molar-refractivity contribution is -0.123. The van der Waals surface area contributed by atoms with E-state index in [2.05, 4.69) is 24.4 Å². The minimum absolute atomic E-state index is 0.000307. The van der Waals surface area contributed by atoms with Gasteiger partial charge in [-0.1, -0.05) is 43.2 Å². The number of nitrogens with one attached hydrogen (secondary N) is 1. The van der Waals surface area contributed by atoms with Gasteiger partial charge in [-0.3, -0.25) is 4.79 Å². The van der Waals surface area contributed by atoms with E-state index >= 15 is 0 Å². The quantitative estimate of drug-likeness (QED) is 0.838. The van der Waals surface area contributed by atoms with E-state index in [1.165, 1.54) is 31.2 Å². The monoisotopic (exact) mass is 274 g/mol. The molecule has 0 aliphatic heterocycles. The number of carbonyl (C=O) groups is 1. The fraction of sp³-hybridized carbons (Fsp3) is 0.588. The van der Waals surface area contributed by atoms with Crippen LogP contribution in [0, 0.1) is 5.92 Å². The van der Waals surface area contributed by atoms with Crippen LogP contribution in [0.15, 0.2) is 30.3 Å². The second kappa shape index (κ2) is 7.44. The molecule has 0 bridgehead atoms. The largest absolute Gasteiger partial charge is 0.352 e. The summed E-state index contributed by atoms with van der Waals surface area (Å²) in [6.45, 7) is 2.11. The topological polar surface area (TPSA) is 55.1 Å². The maximum atomic E-state index is 12.1. The van der Waals surface area contributed by atoms with E-state index in [0.717, 1.165) is 6.42 Å². The van der Waals surface area contributed by atoms with Gasteiger partial charge in [-0.15, -0.1) is 0 Å². The van der Waals surface area contributed by atoms with E-state index in [-0.39, 0.29) is 11.9 Å². The lowest BCUT2D eigenvalue weighted by Crippen LogP contribution is -2.46. The average molecular weight is 274 g/mol. The number of amides is 1. The number of hydrogen-bond acceptors (Lipinski definition) is 2. The van der Waals surface area contributed by atoms with Crippen molar-refractivity contribution in [2.24, 2.45) is 11.7 Å². The van der Waals surface area contributed by atoms with Gasteiger partial charge in [-0.2, -0.15) is 0 Å². The summed E-state index contributed by atoms with van der Waals surface area (Å²) in [6.07, 6.45) is 6.62. The highest BCUT2D eigenvalue weighted by atomic mass is 16.2. The first kappa shape index (κ1) is 15.0. The van der Waals surface area contributed by atoms with E-state index in [0.29, 0.717) is 12.3 Å². The van der Waals surface area contributed by atoms with Crippen LogP contribution in [0.2, 0.25) is 0 Å². The molecule has 3 heteroatoms. The Kier molecular flexibility index (Phi) is 5.60. The van der Waals surface area contributed by atoms with Crippen LogP contribution in [0.25, 0.3) is 0 Å². The lowest BCUT2D eigenvalue weighted by atomic mass is 9.99. The van der Waals surface area contributed by atoms with Crippen LogP contribution in [0.3, 0.4) is 0 Å². The smallest absolute Gasteiger partial charge is 0.237 e. The summed E-state index contributed by atoms with van der Waals surface area (Å²) >= 11 is 0. The molecule has 0 saturated heterocycles. The fourth-order valence-corrected chi connectivity index (χ4v) is 3.00. The first-order valence-electron chi connectivity index (χ1n) is 7.76. The molecular weight excluding hydrogens is 248 g/mol. The van der Waals surface area contributed by atoms with Crippen molar-refractivity contribution < 1.29 is 4.79 Å². The second-order valence-electron chi connectivity index (χ2n) is 5.97. The van der Waals surface area contributed by atoms with E-state index in [1.807, 2.05) is 18.2 Å². The Morgan fingerprint density at radius 1 is 1.30 bits per heavy atom. The van der Waals surface area contributed by atoms with E-state index < -0.39 is 6.04 Å². The van der Waals surface area contributed by atoms with Crippen LogP contribution in [0.4, 0.5) is 0 Å². The highest BCUT2D eigenvalue weighted by Gasteiger charge is 2.24. The molecule has 20 heavy (non-hydrogen) atoms. The molecule has 1 aromatic carbocycles. The zero-order chi connectivity index (χ0) is 14.4. The molecule has 3 N–H and O–H groups in total. The molecule has 1 aromatic rings. The Morgan fingerprint density at radius 2 is 1.95 bits per heavy atom. The molecule has 1 saturated carbocycles. The first-order valence-corrected chi connectivity index (χ1v) is 7.76. The molecule has 2 rings (SSSR count). The summed E-state index contributed by atoms with van der Waals surface area (Å²) in [5.41, 5.74) is 7.24. The van der Waals surface area contributed by atoms with Gasteiger partial charge in [0.25, 0.3) is 0 Å². The molecule has 1 amide bonds. The molecular formula is C17H26N2O. The first-order chi connectivity index (χ1) is 9.66.